The molecule has 0 aliphatic carbocycles. The van der Waals surface area contributed by atoms with Crippen molar-refractivity contribution in [3.63, 3.8) is 0 Å². The topological polar surface area (TPSA) is 70.6 Å². The first-order chi connectivity index (χ1) is 12.5. The third kappa shape index (κ3) is 15.1. The molecule has 0 saturated heterocycles. The van der Waals surface area contributed by atoms with Gasteiger partial charge in [0.1, 0.15) is 11.8 Å². The molecule has 0 aromatic heterocycles. The number of amides is 1. The van der Waals surface area contributed by atoms with Crippen LogP contribution in [-0.4, -0.2) is 43.6 Å². The molecule has 1 rings (SSSR count). The Bertz CT molecular complexity index is 357. The van der Waals surface area contributed by atoms with E-state index in [4.69, 9.17) is 0 Å². The summed E-state index contributed by atoms with van der Waals surface area (Å²) in [5.41, 5.74) is 0. The molecule has 1 aliphatic heterocycles. The smallest absolute Gasteiger partial charge is 0.245 e. The van der Waals surface area contributed by atoms with Crippen molar-refractivity contribution >= 4 is 17.9 Å². The van der Waals surface area contributed by atoms with Crippen molar-refractivity contribution in [3.8, 4) is 0 Å². The molecule has 1 aliphatic rings. The summed E-state index contributed by atoms with van der Waals surface area (Å²) in [4.78, 5) is 27.2. The van der Waals surface area contributed by atoms with Crippen LogP contribution in [0.4, 0.5) is 0 Å². The molecule has 0 bridgehead atoms. The molecule has 0 radical (unpaired) electrons. The van der Waals surface area contributed by atoms with Crippen molar-refractivity contribution in [3.05, 3.63) is 0 Å². The summed E-state index contributed by atoms with van der Waals surface area (Å²) < 4.78 is 0. The Labute approximate surface area is 162 Å². The van der Waals surface area contributed by atoms with Crippen molar-refractivity contribution in [1.82, 2.24) is 10.6 Å². The van der Waals surface area contributed by atoms with E-state index >= 15 is 0 Å². The maximum Gasteiger partial charge on any atom is 0.245 e. The number of hydrogen-bond acceptors (Lipinski definition) is 4. The van der Waals surface area contributed by atoms with Gasteiger partial charge in [-0.1, -0.05) is 54.9 Å². The fraction of sp³-hybridized carbons (Fsp3) is 0.857. The predicted octanol–water partition coefficient (Wildman–Crippen LogP) is 4.40. The summed E-state index contributed by atoms with van der Waals surface area (Å²) in [5.74, 6) is 0.505. The second kappa shape index (κ2) is 21.8. The van der Waals surface area contributed by atoms with E-state index in [-0.39, 0.29) is 23.8 Å². The van der Waals surface area contributed by atoms with Crippen LogP contribution in [0.5, 0.6) is 0 Å². The molecule has 5 nitrogen and oxygen atoms in total. The van der Waals surface area contributed by atoms with Gasteiger partial charge >= 0.3 is 0 Å². The number of rotatable bonds is 8. The largest absolute Gasteiger partial charge is 0.354 e. The van der Waals surface area contributed by atoms with Crippen molar-refractivity contribution in [2.24, 2.45) is 10.9 Å². The first kappa shape index (κ1) is 29.5. The Hall–Kier alpha value is -1.23. The van der Waals surface area contributed by atoms with E-state index in [1.807, 2.05) is 40.8 Å². The quantitative estimate of drug-likeness (QED) is 0.621. The van der Waals surface area contributed by atoms with E-state index in [2.05, 4.69) is 29.5 Å². The number of carbonyl (C=O) groups is 2. The highest BCUT2D eigenvalue weighted by Gasteiger charge is 2.26. The van der Waals surface area contributed by atoms with E-state index in [0.29, 0.717) is 12.5 Å². The van der Waals surface area contributed by atoms with E-state index < -0.39 is 0 Å². The zero-order valence-corrected chi connectivity index (χ0v) is 18.8. The lowest BCUT2D eigenvalue weighted by atomic mass is 10.0. The number of ketones is 1. The lowest BCUT2D eigenvalue weighted by Gasteiger charge is -2.14. The fourth-order valence-electron chi connectivity index (χ4n) is 2.28. The average molecular weight is 372 g/mol. The molecule has 5 heteroatoms. The summed E-state index contributed by atoms with van der Waals surface area (Å²) in [6, 6.07) is -0.266. The lowest BCUT2D eigenvalue weighted by molar-refractivity contribution is -0.123. The van der Waals surface area contributed by atoms with Crippen molar-refractivity contribution in [1.29, 1.82) is 0 Å². The third-order valence-corrected chi connectivity index (χ3v) is 3.61. The fourth-order valence-corrected chi connectivity index (χ4v) is 2.28. The molecule has 26 heavy (non-hydrogen) atoms. The minimum absolute atomic E-state index is 0.0259. The van der Waals surface area contributed by atoms with Crippen LogP contribution in [0.25, 0.3) is 0 Å². The van der Waals surface area contributed by atoms with E-state index in [9.17, 15) is 9.59 Å². The summed E-state index contributed by atoms with van der Waals surface area (Å²) >= 11 is 0. The third-order valence-electron chi connectivity index (χ3n) is 3.61. The number of Topliss-reactive ketones (excluding diaryl/α,β-unsaturated/α-hetero) is 1. The predicted molar refractivity (Wildman–Crippen MR) is 115 cm³/mol. The number of unbranched alkanes of at least 4 members (excludes halogenated alkanes) is 1. The number of nitrogens with one attached hydrogen (secondary N) is 2. The van der Waals surface area contributed by atoms with Gasteiger partial charge in [0.2, 0.25) is 5.91 Å². The van der Waals surface area contributed by atoms with Gasteiger partial charge in [-0.05, 0) is 45.6 Å². The molecule has 3 unspecified atom stereocenters. The summed E-state index contributed by atoms with van der Waals surface area (Å²) in [6.45, 7) is 16.6. The van der Waals surface area contributed by atoms with Crippen LogP contribution in [0.15, 0.2) is 4.99 Å². The van der Waals surface area contributed by atoms with Gasteiger partial charge in [0.15, 0.2) is 0 Å². The molecule has 0 saturated carbocycles. The minimum atomic E-state index is -0.206. The number of likely N-dealkylation sites (N-methyl/N-ethyl adjacent to an activating group) is 1. The van der Waals surface area contributed by atoms with Gasteiger partial charge in [0, 0.05) is 12.8 Å². The summed E-state index contributed by atoms with van der Waals surface area (Å²) in [6.07, 6.45) is 6.61. The van der Waals surface area contributed by atoms with Crippen LogP contribution < -0.4 is 10.6 Å². The maximum absolute atomic E-state index is 11.8. The Balaban J connectivity index is -0.000000663. The van der Waals surface area contributed by atoms with Crippen LogP contribution in [-0.2, 0) is 9.59 Å². The zero-order chi connectivity index (χ0) is 21.0. The molecule has 0 spiro atoms. The minimum Gasteiger partial charge on any atom is -0.354 e. The molecule has 0 fully saturated rings. The van der Waals surface area contributed by atoms with Gasteiger partial charge in [0.05, 0.1) is 6.04 Å². The molecular formula is C21H45N3O2. The Kier molecular flexibility index (Phi) is 24.8. The monoisotopic (exact) mass is 371 g/mol. The average Bonchev–Trinajstić information content (AvgIpc) is 3.08. The summed E-state index contributed by atoms with van der Waals surface area (Å²) in [5, 5.41) is 5.91. The highest BCUT2D eigenvalue weighted by molar-refractivity contribution is 5.85. The van der Waals surface area contributed by atoms with Gasteiger partial charge < -0.3 is 10.6 Å². The van der Waals surface area contributed by atoms with Gasteiger partial charge in [-0.15, -0.1) is 0 Å². The van der Waals surface area contributed by atoms with Crippen LogP contribution in [0, 0.1) is 5.92 Å². The van der Waals surface area contributed by atoms with Gasteiger partial charge in [-0.25, -0.2) is 0 Å². The zero-order valence-electron chi connectivity index (χ0n) is 18.8. The standard InChI is InChI=1S/C14H25N3O2.C3H8.2C2H6/c1-10-7-9-16-13(10)14(19)17-8-5-4-6-12(15-3)11(2)18;1-3-2;2*1-2/h9-10,12-13,15H,4-8H2,1-3H3,(H,17,19);3H2,1-2H3;2*1-2H3. The van der Waals surface area contributed by atoms with E-state index in [0.717, 1.165) is 25.7 Å². The molecule has 1 heterocycles. The van der Waals surface area contributed by atoms with Crippen LogP contribution in [0.1, 0.15) is 87.5 Å². The Morgan fingerprint density at radius 2 is 1.69 bits per heavy atom. The van der Waals surface area contributed by atoms with Gasteiger partial charge in [-0.2, -0.15) is 0 Å². The molecule has 0 aromatic carbocycles. The Morgan fingerprint density at radius 1 is 1.15 bits per heavy atom. The normalized spacial score (nSPS) is 18.2. The SMILES string of the molecule is CC.CC.CCC.CNC(CCCCNC(=O)C1N=CCC1C)C(C)=O. The highest BCUT2D eigenvalue weighted by atomic mass is 16.2. The van der Waals surface area contributed by atoms with Crippen LogP contribution in [0.3, 0.4) is 0 Å². The molecule has 2 N–H and O–H groups in total. The Morgan fingerprint density at radius 3 is 2.08 bits per heavy atom. The lowest BCUT2D eigenvalue weighted by Crippen LogP contribution is -2.36. The van der Waals surface area contributed by atoms with Gasteiger partial charge in [-0.3, -0.25) is 14.6 Å². The van der Waals surface area contributed by atoms with Crippen molar-refractivity contribution < 1.29 is 9.59 Å². The van der Waals surface area contributed by atoms with E-state index in [1.54, 1.807) is 14.0 Å². The van der Waals surface area contributed by atoms with E-state index in [1.165, 1.54) is 6.42 Å². The number of aliphatic imine (C=N–C) groups is 1. The van der Waals surface area contributed by atoms with Crippen molar-refractivity contribution in [2.75, 3.05) is 13.6 Å². The molecule has 0 aromatic rings. The number of carbonyl (C=O) groups excluding carboxylic acids is 2. The molecular weight excluding hydrogens is 326 g/mol. The molecule has 3 atom stereocenters. The van der Waals surface area contributed by atoms with Gasteiger partial charge in [0.25, 0.3) is 0 Å². The summed E-state index contributed by atoms with van der Waals surface area (Å²) in [7, 11) is 1.80. The first-order valence-corrected chi connectivity index (χ1v) is 10.4. The molecule has 1 amide bonds. The van der Waals surface area contributed by atoms with Crippen LogP contribution >= 0.6 is 0 Å². The van der Waals surface area contributed by atoms with Crippen molar-refractivity contribution in [2.45, 2.75) is 99.6 Å². The van der Waals surface area contributed by atoms with Crippen LogP contribution in [0.2, 0.25) is 0 Å². The molecule has 156 valence electrons. The maximum atomic E-state index is 11.8. The number of hydrogen-bond donors (Lipinski definition) is 2. The number of nitrogens with zero attached hydrogens (tertiary/aromatic N) is 1. The second-order valence-corrected chi connectivity index (χ2v) is 5.94. The second-order valence-electron chi connectivity index (χ2n) is 5.94. The highest BCUT2D eigenvalue weighted by Crippen LogP contribution is 2.16. The first-order valence-electron chi connectivity index (χ1n) is 10.4.